The summed E-state index contributed by atoms with van der Waals surface area (Å²) in [6, 6.07) is 6.68. The van der Waals surface area contributed by atoms with Crippen LogP contribution in [0, 0.1) is 0 Å². The maximum atomic E-state index is 12.2. The molecule has 1 atom stereocenters. The fraction of sp³-hybridized carbons (Fsp3) is 0.400. The van der Waals surface area contributed by atoms with E-state index < -0.39 is 17.1 Å². The van der Waals surface area contributed by atoms with Gasteiger partial charge in [0.2, 0.25) is 5.91 Å². The van der Waals surface area contributed by atoms with Gasteiger partial charge in [0.15, 0.2) is 0 Å². The molecule has 1 rings (SSSR count). The number of carboxylic acid groups (broad SMARTS) is 1. The van der Waals surface area contributed by atoms with Gasteiger partial charge in [0.1, 0.15) is 5.25 Å². The van der Waals surface area contributed by atoms with Gasteiger partial charge < -0.3 is 20.5 Å². The molecule has 0 saturated heterocycles. The quantitative estimate of drug-likeness (QED) is 0.452. The summed E-state index contributed by atoms with van der Waals surface area (Å²) >= 11 is 1.08. The number of hydrogen-bond acceptors (Lipinski definition) is 5. The standard InChI is InChI=1S/C15H20N2O5S/c1-10(15(20)21)23-12-6-4-3-5-11(12)14(19)17-9-13(18)16-7-8-22-2/h3-6,10H,7-9H2,1-2H3,(H,16,18)(H,17,19)(H,20,21). The molecule has 1 aromatic carbocycles. The summed E-state index contributed by atoms with van der Waals surface area (Å²) < 4.78 is 4.81. The summed E-state index contributed by atoms with van der Waals surface area (Å²) in [6.07, 6.45) is 0. The molecule has 0 aliphatic heterocycles. The van der Waals surface area contributed by atoms with E-state index in [0.717, 1.165) is 11.8 Å². The second kappa shape index (κ2) is 9.86. The zero-order valence-electron chi connectivity index (χ0n) is 13.0. The van der Waals surface area contributed by atoms with Gasteiger partial charge in [-0.15, -0.1) is 11.8 Å². The minimum atomic E-state index is -0.956. The third kappa shape index (κ3) is 6.70. The highest BCUT2D eigenvalue weighted by Gasteiger charge is 2.18. The average molecular weight is 340 g/mol. The van der Waals surface area contributed by atoms with Gasteiger partial charge in [0, 0.05) is 18.6 Å². The Balaban J connectivity index is 2.62. The van der Waals surface area contributed by atoms with Gasteiger partial charge in [-0.05, 0) is 19.1 Å². The van der Waals surface area contributed by atoms with E-state index in [1.807, 2.05) is 0 Å². The van der Waals surface area contributed by atoms with Crippen molar-refractivity contribution < 1.29 is 24.2 Å². The summed E-state index contributed by atoms with van der Waals surface area (Å²) in [5, 5.41) is 13.4. The predicted molar refractivity (Wildman–Crippen MR) is 86.6 cm³/mol. The van der Waals surface area contributed by atoms with Crippen LogP contribution in [0.1, 0.15) is 17.3 Å². The highest BCUT2D eigenvalue weighted by molar-refractivity contribution is 8.00. The van der Waals surface area contributed by atoms with E-state index in [1.165, 1.54) is 7.11 Å². The van der Waals surface area contributed by atoms with Gasteiger partial charge in [0.05, 0.1) is 18.7 Å². The van der Waals surface area contributed by atoms with Crippen LogP contribution >= 0.6 is 11.8 Å². The molecule has 0 radical (unpaired) electrons. The lowest BCUT2D eigenvalue weighted by molar-refractivity contribution is -0.136. The lowest BCUT2D eigenvalue weighted by Gasteiger charge is -2.12. The smallest absolute Gasteiger partial charge is 0.316 e. The first-order chi connectivity index (χ1) is 11.0. The molecule has 8 heteroatoms. The Labute approximate surface area is 138 Å². The molecule has 0 fully saturated rings. The molecule has 126 valence electrons. The highest BCUT2D eigenvalue weighted by atomic mass is 32.2. The van der Waals surface area contributed by atoms with E-state index in [1.54, 1.807) is 31.2 Å². The highest BCUT2D eigenvalue weighted by Crippen LogP contribution is 2.26. The van der Waals surface area contributed by atoms with Crippen molar-refractivity contribution in [3.63, 3.8) is 0 Å². The fourth-order valence-corrected chi connectivity index (χ4v) is 2.54. The first-order valence-corrected chi connectivity index (χ1v) is 7.86. The number of aliphatic carboxylic acids is 1. The number of methoxy groups -OCH3 is 1. The third-order valence-corrected chi connectivity index (χ3v) is 3.99. The Hall–Kier alpha value is -2.06. The van der Waals surface area contributed by atoms with Crippen molar-refractivity contribution in [3.05, 3.63) is 29.8 Å². The maximum absolute atomic E-state index is 12.2. The van der Waals surface area contributed by atoms with Crippen LogP contribution < -0.4 is 10.6 Å². The molecule has 0 aliphatic rings. The minimum absolute atomic E-state index is 0.157. The van der Waals surface area contributed by atoms with Crippen molar-refractivity contribution in [2.45, 2.75) is 17.1 Å². The number of benzene rings is 1. The number of nitrogens with one attached hydrogen (secondary N) is 2. The lowest BCUT2D eigenvalue weighted by Crippen LogP contribution is -2.38. The molecule has 7 nitrogen and oxygen atoms in total. The molecule has 0 bridgehead atoms. The summed E-state index contributed by atoms with van der Waals surface area (Å²) in [5.41, 5.74) is 0.343. The van der Waals surface area contributed by atoms with Crippen LogP contribution in [0.4, 0.5) is 0 Å². The number of ether oxygens (including phenoxy) is 1. The van der Waals surface area contributed by atoms with Crippen LogP contribution in [-0.4, -0.2) is 54.9 Å². The third-order valence-electron chi connectivity index (χ3n) is 2.82. The van der Waals surface area contributed by atoms with Gasteiger partial charge in [-0.3, -0.25) is 14.4 Å². The van der Waals surface area contributed by atoms with E-state index in [-0.39, 0.29) is 12.5 Å². The molecule has 0 aliphatic carbocycles. The monoisotopic (exact) mass is 340 g/mol. The first kappa shape index (κ1) is 19.0. The van der Waals surface area contributed by atoms with Crippen molar-refractivity contribution in [3.8, 4) is 0 Å². The molecule has 1 unspecified atom stereocenters. The molecule has 2 amide bonds. The van der Waals surface area contributed by atoms with Crippen LogP contribution in [-0.2, 0) is 14.3 Å². The van der Waals surface area contributed by atoms with Crippen molar-refractivity contribution in [2.75, 3.05) is 26.8 Å². The Morgan fingerprint density at radius 2 is 1.96 bits per heavy atom. The van der Waals surface area contributed by atoms with Crippen LogP contribution in [0.25, 0.3) is 0 Å². The van der Waals surface area contributed by atoms with Gasteiger partial charge in [-0.25, -0.2) is 0 Å². The number of hydrogen-bond donors (Lipinski definition) is 3. The van der Waals surface area contributed by atoms with E-state index >= 15 is 0 Å². The summed E-state index contributed by atoms with van der Waals surface area (Å²) in [5.74, 6) is -1.70. The van der Waals surface area contributed by atoms with Crippen molar-refractivity contribution >= 4 is 29.5 Å². The van der Waals surface area contributed by atoms with Gasteiger partial charge >= 0.3 is 5.97 Å². The Morgan fingerprint density at radius 1 is 1.26 bits per heavy atom. The molecule has 0 aromatic heterocycles. The van der Waals surface area contributed by atoms with Crippen molar-refractivity contribution in [2.24, 2.45) is 0 Å². The Bertz CT molecular complexity index is 565. The second-order valence-electron chi connectivity index (χ2n) is 4.62. The molecular formula is C15H20N2O5S. The topological polar surface area (TPSA) is 105 Å². The molecule has 0 heterocycles. The second-order valence-corrected chi connectivity index (χ2v) is 6.00. The summed E-state index contributed by atoms with van der Waals surface area (Å²) in [4.78, 5) is 35.2. The summed E-state index contributed by atoms with van der Waals surface area (Å²) in [7, 11) is 1.53. The molecular weight excluding hydrogens is 320 g/mol. The van der Waals surface area contributed by atoms with Gasteiger partial charge in [-0.1, -0.05) is 12.1 Å². The number of amides is 2. The Kier molecular flexibility index (Phi) is 8.14. The van der Waals surface area contributed by atoms with Crippen LogP contribution in [0.2, 0.25) is 0 Å². The van der Waals surface area contributed by atoms with E-state index in [2.05, 4.69) is 10.6 Å². The summed E-state index contributed by atoms with van der Waals surface area (Å²) in [6.45, 7) is 2.15. The molecule has 3 N–H and O–H groups in total. The first-order valence-electron chi connectivity index (χ1n) is 6.98. The van der Waals surface area contributed by atoms with E-state index in [4.69, 9.17) is 9.84 Å². The van der Waals surface area contributed by atoms with Crippen LogP contribution in [0.5, 0.6) is 0 Å². The average Bonchev–Trinajstić information content (AvgIpc) is 2.53. The maximum Gasteiger partial charge on any atom is 0.316 e. The van der Waals surface area contributed by atoms with Gasteiger partial charge in [-0.2, -0.15) is 0 Å². The largest absolute Gasteiger partial charge is 0.480 e. The Morgan fingerprint density at radius 3 is 2.61 bits per heavy atom. The minimum Gasteiger partial charge on any atom is -0.480 e. The number of carboxylic acids is 1. The number of carbonyl (C=O) groups excluding carboxylic acids is 2. The predicted octanol–water partition coefficient (Wildman–Crippen LogP) is 0.744. The molecule has 1 aromatic rings. The SMILES string of the molecule is COCCNC(=O)CNC(=O)c1ccccc1SC(C)C(=O)O. The fourth-order valence-electron chi connectivity index (χ4n) is 1.61. The van der Waals surface area contributed by atoms with E-state index in [0.29, 0.717) is 23.6 Å². The zero-order valence-corrected chi connectivity index (χ0v) is 13.8. The molecule has 23 heavy (non-hydrogen) atoms. The number of carbonyl (C=O) groups is 3. The molecule has 0 spiro atoms. The van der Waals surface area contributed by atoms with Crippen molar-refractivity contribution in [1.82, 2.24) is 10.6 Å². The molecule has 0 saturated carbocycles. The zero-order chi connectivity index (χ0) is 17.2. The van der Waals surface area contributed by atoms with E-state index in [9.17, 15) is 14.4 Å². The number of thioether (sulfide) groups is 1. The van der Waals surface area contributed by atoms with Gasteiger partial charge in [0.25, 0.3) is 5.91 Å². The van der Waals surface area contributed by atoms with Crippen LogP contribution in [0.15, 0.2) is 29.2 Å². The lowest BCUT2D eigenvalue weighted by atomic mass is 10.2. The normalized spacial score (nSPS) is 11.6. The van der Waals surface area contributed by atoms with Crippen LogP contribution in [0.3, 0.4) is 0 Å². The van der Waals surface area contributed by atoms with Crippen molar-refractivity contribution in [1.29, 1.82) is 0 Å². The number of rotatable bonds is 9.